The fourth-order valence-corrected chi connectivity index (χ4v) is 3.81. The maximum Gasteiger partial charge on any atom is 0.338 e. The quantitative estimate of drug-likeness (QED) is 0.435. The average Bonchev–Trinajstić information content (AvgIpc) is 3.33. The molecule has 1 atom stereocenters. The van der Waals surface area contributed by atoms with E-state index in [0.29, 0.717) is 22.7 Å². The van der Waals surface area contributed by atoms with Crippen molar-refractivity contribution in [3.8, 4) is 11.5 Å². The Bertz CT molecular complexity index is 1080. The number of aromatic nitrogens is 3. The predicted octanol–water partition coefficient (Wildman–Crippen LogP) is 2.73. The summed E-state index contributed by atoms with van der Waals surface area (Å²) >= 11 is 1.05. The van der Waals surface area contributed by atoms with Crippen LogP contribution >= 0.6 is 11.8 Å². The van der Waals surface area contributed by atoms with Gasteiger partial charge in [-0.05, 0) is 43.3 Å². The van der Waals surface area contributed by atoms with Crippen LogP contribution in [-0.2, 0) is 14.3 Å². The molecule has 1 aliphatic heterocycles. The SMILES string of the molecule is CCOC(=O)c1ccc(N2C(=O)CC(Sc3nnc(-c4ccncc4)o3)C2=O)cc1. The number of nitrogens with zero attached hydrogens (tertiary/aromatic N) is 4. The lowest BCUT2D eigenvalue weighted by atomic mass is 10.2. The standard InChI is InChI=1S/C20H16N4O5S/c1-2-28-19(27)13-3-5-14(6-4-13)24-16(25)11-15(18(24)26)30-20-23-22-17(29-20)12-7-9-21-10-8-12/h3-10,15H,2,11H2,1H3. The number of thioether (sulfide) groups is 1. The van der Waals surface area contributed by atoms with E-state index in [1.807, 2.05) is 0 Å². The fraction of sp³-hybridized carbons (Fsp3) is 0.200. The molecule has 0 spiro atoms. The van der Waals surface area contributed by atoms with Gasteiger partial charge in [-0.25, -0.2) is 9.69 Å². The van der Waals surface area contributed by atoms with Gasteiger partial charge in [0.15, 0.2) is 0 Å². The van der Waals surface area contributed by atoms with Gasteiger partial charge in [-0.3, -0.25) is 14.6 Å². The molecule has 0 radical (unpaired) electrons. The first-order chi connectivity index (χ1) is 14.6. The molecule has 30 heavy (non-hydrogen) atoms. The summed E-state index contributed by atoms with van der Waals surface area (Å²) in [6.45, 7) is 1.98. The second-order valence-electron chi connectivity index (χ2n) is 6.25. The van der Waals surface area contributed by atoms with E-state index in [2.05, 4.69) is 15.2 Å². The Hall–Kier alpha value is -3.53. The predicted molar refractivity (Wildman–Crippen MR) is 107 cm³/mol. The second kappa shape index (κ2) is 8.46. The van der Waals surface area contributed by atoms with Crippen LogP contribution in [-0.4, -0.2) is 44.8 Å². The number of carbonyl (C=O) groups excluding carboxylic acids is 3. The maximum atomic E-state index is 12.8. The van der Waals surface area contributed by atoms with Crippen LogP contribution in [0.2, 0.25) is 0 Å². The lowest BCUT2D eigenvalue weighted by Crippen LogP contribution is -2.31. The van der Waals surface area contributed by atoms with Crippen molar-refractivity contribution >= 4 is 35.2 Å². The Kier molecular flexibility index (Phi) is 5.57. The van der Waals surface area contributed by atoms with E-state index in [1.54, 1.807) is 43.6 Å². The molecule has 1 fully saturated rings. The van der Waals surface area contributed by atoms with Crippen molar-refractivity contribution in [1.82, 2.24) is 15.2 Å². The van der Waals surface area contributed by atoms with Crippen molar-refractivity contribution in [2.45, 2.75) is 23.8 Å². The van der Waals surface area contributed by atoms with Gasteiger partial charge < -0.3 is 9.15 Å². The molecule has 0 N–H and O–H groups in total. The molecular weight excluding hydrogens is 408 g/mol. The topological polar surface area (TPSA) is 115 Å². The van der Waals surface area contributed by atoms with Crippen LogP contribution in [0.5, 0.6) is 0 Å². The van der Waals surface area contributed by atoms with E-state index in [4.69, 9.17) is 9.15 Å². The van der Waals surface area contributed by atoms with Crippen LogP contribution in [0.3, 0.4) is 0 Å². The monoisotopic (exact) mass is 424 g/mol. The van der Waals surface area contributed by atoms with Gasteiger partial charge in [0, 0.05) is 24.4 Å². The highest BCUT2D eigenvalue weighted by molar-refractivity contribution is 8.00. The number of hydrogen-bond donors (Lipinski definition) is 0. The van der Waals surface area contributed by atoms with Crippen LogP contribution < -0.4 is 4.90 Å². The average molecular weight is 424 g/mol. The van der Waals surface area contributed by atoms with Crippen molar-refractivity contribution in [3.63, 3.8) is 0 Å². The largest absolute Gasteiger partial charge is 0.462 e. The molecular formula is C20H16N4O5S. The van der Waals surface area contributed by atoms with Gasteiger partial charge >= 0.3 is 5.97 Å². The van der Waals surface area contributed by atoms with Gasteiger partial charge in [0.05, 0.1) is 17.9 Å². The van der Waals surface area contributed by atoms with Gasteiger partial charge in [0.2, 0.25) is 17.7 Å². The summed E-state index contributed by atoms with van der Waals surface area (Å²) in [5.41, 5.74) is 1.45. The third kappa shape index (κ3) is 3.94. The molecule has 2 amide bonds. The number of rotatable bonds is 6. The zero-order valence-electron chi connectivity index (χ0n) is 15.8. The molecule has 3 aromatic rings. The Balaban J connectivity index is 1.47. The Morgan fingerprint density at radius 2 is 1.90 bits per heavy atom. The molecule has 1 saturated heterocycles. The van der Waals surface area contributed by atoms with Crippen LogP contribution in [0, 0.1) is 0 Å². The van der Waals surface area contributed by atoms with Crippen LogP contribution in [0.25, 0.3) is 11.5 Å². The summed E-state index contributed by atoms with van der Waals surface area (Å²) in [6.07, 6.45) is 3.23. The first kappa shape index (κ1) is 19.8. The summed E-state index contributed by atoms with van der Waals surface area (Å²) in [6, 6.07) is 9.59. The van der Waals surface area contributed by atoms with Crippen molar-refractivity contribution in [3.05, 3.63) is 54.4 Å². The molecule has 4 rings (SSSR count). The number of ether oxygens (including phenoxy) is 1. The number of hydrogen-bond acceptors (Lipinski definition) is 9. The molecule has 1 unspecified atom stereocenters. The van der Waals surface area contributed by atoms with E-state index in [-0.39, 0.29) is 30.1 Å². The molecule has 0 aliphatic carbocycles. The molecule has 1 aliphatic rings. The van der Waals surface area contributed by atoms with Crippen LogP contribution in [0.4, 0.5) is 5.69 Å². The van der Waals surface area contributed by atoms with Crippen molar-refractivity contribution in [2.24, 2.45) is 0 Å². The molecule has 0 bridgehead atoms. The summed E-state index contributed by atoms with van der Waals surface area (Å²) < 4.78 is 10.5. The van der Waals surface area contributed by atoms with Crippen LogP contribution in [0.15, 0.2) is 58.4 Å². The third-order valence-electron chi connectivity index (χ3n) is 4.32. The molecule has 10 heteroatoms. The lowest BCUT2D eigenvalue weighted by molar-refractivity contribution is -0.121. The number of carbonyl (C=O) groups is 3. The minimum atomic E-state index is -0.673. The lowest BCUT2D eigenvalue weighted by Gasteiger charge is -2.14. The summed E-state index contributed by atoms with van der Waals surface area (Å²) in [4.78, 5) is 42.1. The van der Waals surface area contributed by atoms with Gasteiger partial charge in [0.1, 0.15) is 5.25 Å². The molecule has 152 valence electrons. The van der Waals surface area contributed by atoms with Crippen LogP contribution in [0.1, 0.15) is 23.7 Å². The normalized spacial score (nSPS) is 16.2. The Morgan fingerprint density at radius 3 is 2.60 bits per heavy atom. The number of anilines is 1. The first-order valence-electron chi connectivity index (χ1n) is 9.11. The highest BCUT2D eigenvalue weighted by Crippen LogP contribution is 2.34. The van der Waals surface area contributed by atoms with E-state index in [1.165, 1.54) is 12.1 Å². The first-order valence-corrected chi connectivity index (χ1v) is 9.99. The maximum absolute atomic E-state index is 12.8. The minimum absolute atomic E-state index is 0.0100. The minimum Gasteiger partial charge on any atom is -0.462 e. The molecule has 2 aromatic heterocycles. The van der Waals surface area contributed by atoms with Crippen molar-refractivity contribution in [2.75, 3.05) is 11.5 Å². The summed E-state index contributed by atoms with van der Waals surface area (Å²) in [5, 5.41) is 7.45. The van der Waals surface area contributed by atoms with E-state index < -0.39 is 11.2 Å². The van der Waals surface area contributed by atoms with E-state index in [9.17, 15) is 14.4 Å². The zero-order chi connectivity index (χ0) is 21.1. The highest BCUT2D eigenvalue weighted by Gasteiger charge is 2.41. The number of benzene rings is 1. The van der Waals surface area contributed by atoms with Gasteiger partial charge in [-0.2, -0.15) is 0 Å². The number of imide groups is 1. The number of pyridine rings is 1. The van der Waals surface area contributed by atoms with Gasteiger partial charge in [-0.1, -0.05) is 11.8 Å². The van der Waals surface area contributed by atoms with E-state index >= 15 is 0 Å². The Morgan fingerprint density at radius 1 is 1.17 bits per heavy atom. The molecule has 3 heterocycles. The third-order valence-corrected chi connectivity index (χ3v) is 5.34. The Labute approximate surface area is 175 Å². The smallest absolute Gasteiger partial charge is 0.338 e. The summed E-state index contributed by atoms with van der Waals surface area (Å²) in [5.74, 6) is -0.867. The zero-order valence-corrected chi connectivity index (χ0v) is 16.7. The molecule has 9 nitrogen and oxygen atoms in total. The van der Waals surface area contributed by atoms with Crippen molar-refractivity contribution < 1.29 is 23.5 Å². The number of amides is 2. The van der Waals surface area contributed by atoms with Crippen molar-refractivity contribution in [1.29, 1.82) is 0 Å². The van der Waals surface area contributed by atoms with E-state index in [0.717, 1.165) is 16.7 Å². The molecule has 1 aromatic carbocycles. The highest BCUT2D eigenvalue weighted by atomic mass is 32.2. The summed E-state index contributed by atoms with van der Waals surface area (Å²) in [7, 11) is 0. The number of esters is 1. The fourth-order valence-electron chi connectivity index (χ4n) is 2.92. The second-order valence-corrected chi connectivity index (χ2v) is 7.41. The molecule has 0 saturated carbocycles. The van der Waals surface area contributed by atoms with Gasteiger partial charge in [0.25, 0.3) is 5.22 Å². The van der Waals surface area contributed by atoms with Gasteiger partial charge in [-0.15, -0.1) is 10.2 Å².